The summed E-state index contributed by atoms with van der Waals surface area (Å²) >= 11 is 0. The van der Waals surface area contributed by atoms with Crippen molar-refractivity contribution in [2.45, 2.75) is 0 Å². The third-order valence-electron chi connectivity index (χ3n) is 2.18. The van der Waals surface area contributed by atoms with Gasteiger partial charge in [0.2, 0.25) is 0 Å². The third-order valence-corrected chi connectivity index (χ3v) is 2.18. The van der Waals surface area contributed by atoms with Gasteiger partial charge in [-0.1, -0.05) is 30.4 Å². The first-order chi connectivity index (χ1) is 7.97. The molecule has 5 N–H and O–H groups in total. The van der Waals surface area contributed by atoms with Crippen LogP contribution in [0.2, 0.25) is 0 Å². The van der Waals surface area contributed by atoms with Gasteiger partial charge in [0.05, 0.1) is 0 Å². The lowest BCUT2D eigenvalue weighted by molar-refractivity contribution is 1.20. The molecule has 1 aliphatic rings. The minimum absolute atomic E-state index is 0. The van der Waals surface area contributed by atoms with E-state index in [-0.39, 0.29) is 6.15 Å². The van der Waals surface area contributed by atoms with Gasteiger partial charge in [0.25, 0.3) is 0 Å². The molecule has 0 saturated carbocycles. The van der Waals surface area contributed by atoms with Crippen LogP contribution < -0.4 is 11.5 Å². The summed E-state index contributed by atoms with van der Waals surface area (Å²) < 4.78 is 0. The Labute approximate surface area is 101 Å². The molecule has 0 fully saturated rings. The fourth-order valence-corrected chi connectivity index (χ4v) is 1.40. The van der Waals surface area contributed by atoms with Crippen molar-refractivity contribution >= 4 is 10.9 Å². The number of allylic oxidation sites excluding steroid dienone is 4. The molecule has 3 nitrogen and oxygen atoms in total. The van der Waals surface area contributed by atoms with Gasteiger partial charge < -0.3 is 16.5 Å². The molecule has 0 aliphatic carbocycles. The molecule has 0 atom stereocenters. The van der Waals surface area contributed by atoms with E-state index in [0.717, 1.165) is 0 Å². The van der Waals surface area contributed by atoms with Gasteiger partial charge >= 0.3 is 0 Å². The lowest BCUT2D eigenvalue weighted by Crippen LogP contribution is -1.87. The molecule has 0 bridgehead atoms. The van der Waals surface area contributed by atoms with Crippen LogP contribution in [0.5, 0.6) is 0 Å². The summed E-state index contributed by atoms with van der Waals surface area (Å²) in [4.78, 5) is 3.12. The molecule has 17 heavy (non-hydrogen) atoms. The van der Waals surface area contributed by atoms with Gasteiger partial charge in [0.15, 0.2) is 0 Å². The number of nitrogens with one attached hydrogen (secondary N) is 2. The Bertz CT molecular complexity index is 477. The molecular weight excluding hydrogens is 210 g/mol. The second kappa shape index (κ2) is 7.09. The van der Waals surface area contributed by atoms with Crippen LogP contribution in [0, 0.1) is 0 Å². The normalized spacial score (nSPS) is 12.0. The first kappa shape index (κ1) is 12.8. The predicted octanol–water partition coefficient (Wildman–Crippen LogP) is 3.50. The topological polar surface area (TPSA) is 62.8 Å². The van der Waals surface area contributed by atoms with Gasteiger partial charge in [-0.25, -0.2) is 0 Å². The van der Waals surface area contributed by atoms with Crippen molar-refractivity contribution in [1.82, 2.24) is 16.5 Å². The number of hydrogen-bond acceptors (Lipinski definition) is 2. The van der Waals surface area contributed by atoms with Crippen LogP contribution in [0.25, 0.3) is 10.9 Å². The van der Waals surface area contributed by atoms with Gasteiger partial charge in [0, 0.05) is 24.1 Å². The first-order valence-electron chi connectivity index (χ1n) is 5.23. The fourth-order valence-electron chi connectivity index (χ4n) is 1.40. The van der Waals surface area contributed by atoms with Gasteiger partial charge in [-0.05, 0) is 29.7 Å². The molecule has 0 spiro atoms. The van der Waals surface area contributed by atoms with Crippen molar-refractivity contribution in [3.63, 3.8) is 0 Å². The van der Waals surface area contributed by atoms with E-state index >= 15 is 0 Å². The fraction of sp³-hybridized carbons (Fsp3) is 0. The Hall–Kier alpha value is -2.26. The zero-order valence-corrected chi connectivity index (χ0v) is 9.64. The Kier molecular flexibility index (Phi) is 5.34. The molecule has 2 heterocycles. The van der Waals surface area contributed by atoms with Crippen molar-refractivity contribution in [2.75, 3.05) is 0 Å². The van der Waals surface area contributed by atoms with Crippen LogP contribution in [-0.2, 0) is 0 Å². The maximum absolute atomic E-state index is 3.12. The molecule has 1 aliphatic heterocycles. The highest BCUT2D eigenvalue weighted by atomic mass is 14.8. The molecule has 0 radical (unpaired) electrons. The largest absolute Gasteiger partial charge is 0.368 e. The smallest absolute Gasteiger partial charge is 0.0453 e. The molecule has 0 saturated heterocycles. The number of benzene rings is 1. The first-order valence-corrected chi connectivity index (χ1v) is 5.23. The Balaban J connectivity index is 0.000000166. The van der Waals surface area contributed by atoms with E-state index < -0.39 is 0 Å². The molecule has 88 valence electrons. The quantitative estimate of drug-likeness (QED) is 0.645. The molecule has 1 aromatic carbocycles. The number of aromatic amines is 1. The molecule has 2 aromatic rings. The molecule has 3 rings (SSSR count). The van der Waals surface area contributed by atoms with Gasteiger partial charge in [-0.3, -0.25) is 0 Å². The summed E-state index contributed by atoms with van der Waals surface area (Å²) in [5.74, 6) is 0. The lowest BCUT2D eigenvalue weighted by Gasteiger charge is -1.83. The Morgan fingerprint density at radius 2 is 1.47 bits per heavy atom. The highest BCUT2D eigenvalue weighted by molar-refractivity contribution is 5.78. The SMILES string of the molecule is C1=CC=CNC=C1.N.c1ccc2[nH]ccc2c1. The van der Waals surface area contributed by atoms with E-state index in [0.29, 0.717) is 0 Å². The maximum atomic E-state index is 3.12. The van der Waals surface area contributed by atoms with Crippen LogP contribution in [0.4, 0.5) is 0 Å². The maximum Gasteiger partial charge on any atom is 0.0453 e. The van der Waals surface area contributed by atoms with E-state index in [4.69, 9.17) is 0 Å². The average Bonchev–Trinajstić information content (AvgIpc) is 2.61. The number of fused-ring (bicyclic) bond motifs is 1. The minimum atomic E-state index is 0. The van der Waals surface area contributed by atoms with E-state index in [1.54, 1.807) is 0 Å². The monoisotopic (exact) mass is 227 g/mol. The number of rotatable bonds is 0. The second-order valence-corrected chi connectivity index (χ2v) is 3.33. The van der Waals surface area contributed by atoms with Crippen LogP contribution in [-0.4, -0.2) is 4.98 Å². The van der Waals surface area contributed by atoms with Crippen molar-refractivity contribution in [3.05, 3.63) is 73.2 Å². The lowest BCUT2D eigenvalue weighted by atomic mass is 10.3. The summed E-state index contributed by atoms with van der Waals surface area (Å²) in [6, 6.07) is 10.3. The Morgan fingerprint density at radius 1 is 0.765 bits per heavy atom. The second-order valence-electron chi connectivity index (χ2n) is 3.33. The number of hydrogen-bond donors (Lipinski definition) is 3. The summed E-state index contributed by atoms with van der Waals surface area (Å²) in [7, 11) is 0. The van der Waals surface area contributed by atoms with Crippen LogP contribution in [0.3, 0.4) is 0 Å². The molecule has 0 unspecified atom stereocenters. The standard InChI is InChI=1S/C8H7N.C6H7N.H3N/c1-2-4-8-7(3-1)5-6-9-8;1-2-4-6-7-5-3-1;/h1-6,9H;1-7H;1H3. The van der Waals surface area contributed by atoms with E-state index in [1.165, 1.54) is 10.9 Å². The van der Waals surface area contributed by atoms with E-state index in [2.05, 4.69) is 28.5 Å². The van der Waals surface area contributed by atoms with Gasteiger partial charge in [-0.2, -0.15) is 0 Å². The highest BCUT2D eigenvalue weighted by Crippen LogP contribution is 2.09. The Morgan fingerprint density at radius 3 is 2.18 bits per heavy atom. The van der Waals surface area contributed by atoms with E-state index in [9.17, 15) is 0 Å². The summed E-state index contributed by atoms with van der Waals surface area (Å²) in [5.41, 5.74) is 1.21. The van der Waals surface area contributed by atoms with Crippen molar-refractivity contribution < 1.29 is 0 Å². The molecule has 0 amide bonds. The minimum Gasteiger partial charge on any atom is -0.368 e. The zero-order chi connectivity index (χ0) is 11.1. The van der Waals surface area contributed by atoms with Crippen LogP contribution >= 0.6 is 0 Å². The number of para-hydroxylation sites is 1. The van der Waals surface area contributed by atoms with Crippen LogP contribution in [0.1, 0.15) is 0 Å². The predicted molar refractivity (Wildman–Crippen MR) is 73.9 cm³/mol. The van der Waals surface area contributed by atoms with Crippen LogP contribution in [0.15, 0.2) is 73.2 Å². The van der Waals surface area contributed by atoms with Crippen molar-refractivity contribution in [2.24, 2.45) is 0 Å². The average molecular weight is 227 g/mol. The molecule has 1 aromatic heterocycles. The van der Waals surface area contributed by atoms with Gasteiger partial charge in [-0.15, -0.1) is 0 Å². The van der Waals surface area contributed by atoms with Crippen molar-refractivity contribution in [3.8, 4) is 0 Å². The van der Waals surface area contributed by atoms with Crippen molar-refractivity contribution in [1.29, 1.82) is 0 Å². The summed E-state index contributed by atoms with van der Waals surface area (Å²) in [5, 5.41) is 4.20. The zero-order valence-electron chi connectivity index (χ0n) is 9.64. The summed E-state index contributed by atoms with van der Waals surface area (Å²) in [6.07, 6.45) is 13.5. The number of H-pyrrole nitrogens is 1. The molecule has 3 heteroatoms. The third kappa shape index (κ3) is 4.01. The molecular formula is C14H17N3. The van der Waals surface area contributed by atoms with Gasteiger partial charge in [0.1, 0.15) is 0 Å². The number of aromatic nitrogens is 1. The summed E-state index contributed by atoms with van der Waals surface area (Å²) in [6.45, 7) is 0. The van der Waals surface area contributed by atoms with E-state index in [1.807, 2.05) is 55.0 Å². The highest BCUT2D eigenvalue weighted by Gasteiger charge is 1.86.